The summed E-state index contributed by atoms with van der Waals surface area (Å²) < 4.78 is 0. The minimum Gasteiger partial charge on any atom is -0.359 e. The highest BCUT2D eigenvalue weighted by Gasteiger charge is 2.25. The number of hydrogen-bond donors (Lipinski definition) is 2. The number of nitrogens with one attached hydrogen (secondary N) is 2. The molecule has 23 heavy (non-hydrogen) atoms. The second kappa shape index (κ2) is 10.3. The van der Waals surface area contributed by atoms with Crippen LogP contribution in [0.25, 0.3) is 0 Å². The van der Waals surface area contributed by atoms with Crippen molar-refractivity contribution in [1.82, 2.24) is 20.4 Å². The molecule has 0 atom stereocenters. The van der Waals surface area contributed by atoms with Gasteiger partial charge >= 0.3 is 0 Å². The molecule has 1 amide bonds. The van der Waals surface area contributed by atoms with Gasteiger partial charge in [-0.1, -0.05) is 0 Å². The van der Waals surface area contributed by atoms with Crippen LogP contribution in [0.1, 0.15) is 33.1 Å². The number of rotatable bonds is 5. The fourth-order valence-corrected chi connectivity index (χ4v) is 2.50. The third-order valence-electron chi connectivity index (χ3n) is 4.77. The largest absolute Gasteiger partial charge is 0.359 e. The van der Waals surface area contributed by atoms with Crippen LogP contribution in [0.5, 0.6) is 0 Å². The molecule has 0 unspecified atom stereocenters. The van der Waals surface area contributed by atoms with Gasteiger partial charge in [-0.05, 0) is 46.7 Å². The summed E-state index contributed by atoms with van der Waals surface area (Å²) in [7, 11) is 7.72. The minimum absolute atomic E-state index is 0. The standard InChI is InChI=1S/C16H33N5O.HI/c1-16(2,20(5)6)12-19-15(18-4)21-9-7-13(8-10-21)11-14(22)17-3;/h13H,7-12H2,1-6H3,(H,17,22)(H,18,19);1H. The maximum absolute atomic E-state index is 11.5. The zero-order chi connectivity index (χ0) is 16.8. The molecule has 6 nitrogen and oxygen atoms in total. The van der Waals surface area contributed by atoms with E-state index < -0.39 is 0 Å². The van der Waals surface area contributed by atoms with Gasteiger partial charge in [0.1, 0.15) is 0 Å². The molecule has 0 aromatic carbocycles. The molecule has 0 saturated carbocycles. The van der Waals surface area contributed by atoms with Crippen molar-refractivity contribution in [3.05, 3.63) is 0 Å². The molecule has 0 aliphatic carbocycles. The normalized spacial score (nSPS) is 17.0. The molecule has 0 bridgehead atoms. The quantitative estimate of drug-likeness (QED) is 0.386. The van der Waals surface area contributed by atoms with Crippen LogP contribution in [0.3, 0.4) is 0 Å². The van der Waals surface area contributed by atoms with Crippen molar-refractivity contribution in [2.75, 3.05) is 47.8 Å². The first kappa shape index (κ1) is 22.4. The Labute approximate surface area is 158 Å². The molecule has 7 heteroatoms. The lowest BCUT2D eigenvalue weighted by atomic mass is 9.93. The summed E-state index contributed by atoms with van der Waals surface area (Å²) in [5, 5.41) is 6.19. The lowest BCUT2D eigenvalue weighted by Crippen LogP contribution is -2.53. The Balaban J connectivity index is 0.00000484. The van der Waals surface area contributed by atoms with Crippen LogP contribution < -0.4 is 10.6 Å². The maximum Gasteiger partial charge on any atom is 0.220 e. The number of likely N-dealkylation sites (N-methyl/N-ethyl adjacent to an activating group) is 1. The van der Waals surface area contributed by atoms with Crippen LogP contribution in [-0.2, 0) is 4.79 Å². The Morgan fingerprint density at radius 3 is 2.30 bits per heavy atom. The lowest BCUT2D eigenvalue weighted by Gasteiger charge is -2.37. The molecule has 0 spiro atoms. The van der Waals surface area contributed by atoms with E-state index in [9.17, 15) is 4.79 Å². The van der Waals surface area contributed by atoms with E-state index >= 15 is 0 Å². The molecule has 0 radical (unpaired) electrons. The number of nitrogens with zero attached hydrogens (tertiary/aromatic N) is 3. The van der Waals surface area contributed by atoms with Crippen molar-refractivity contribution in [2.45, 2.75) is 38.6 Å². The van der Waals surface area contributed by atoms with Gasteiger partial charge in [0.05, 0.1) is 0 Å². The number of aliphatic imine (C=N–C) groups is 1. The number of guanidine groups is 1. The van der Waals surface area contributed by atoms with Crippen LogP contribution in [-0.4, -0.2) is 75.0 Å². The van der Waals surface area contributed by atoms with Crippen molar-refractivity contribution in [2.24, 2.45) is 10.9 Å². The van der Waals surface area contributed by atoms with E-state index in [4.69, 9.17) is 0 Å². The molecule has 1 aliphatic heterocycles. The average Bonchev–Trinajstić information content (AvgIpc) is 2.49. The van der Waals surface area contributed by atoms with E-state index in [0.29, 0.717) is 12.3 Å². The Kier molecular flexibility index (Phi) is 10.1. The topological polar surface area (TPSA) is 60.0 Å². The second-order valence-corrected chi connectivity index (χ2v) is 6.92. The van der Waals surface area contributed by atoms with Gasteiger partial charge in [0.25, 0.3) is 0 Å². The van der Waals surface area contributed by atoms with Gasteiger partial charge in [0, 0.05) is 45.7 Å². The van der Waals surface area contributed by atoms with E-state index in [-0.39, 0.29) is 35.4 Å². The molecule has 1 aliphatic rings. The zero-order valence-corrected chi connectivity index (χ0v) is 17.8. The van der Waals surface area contributed by atoms with Gasteiger partial charge in [-0.3, -0.25) is 9.79 Å². The summed E-state index contributed by atoms with van der Waals surface area (Å²) in [6.07, 6.45) is 2.74. The molecular formula is C16H34IN5O. The van der Waals surface area contributed by atoms with Crippen LogP contribution in [0, 0.1) is 5.92 Å². The molecule has 0 aromatic heterocycles. The molecule has 136 valence electrons. The Morgan fingerprint density at radius 2 is 1.87 bits per heavy atom. The summed E-state index contributed by atoms with van der Waals surface area (Å²) >= 11 is 0. The van der Waals surface area contributed by atoms with Crippen LogP contribution >= 0.6 is 24.0 Å². The van der Waals surface area contributed by atoms with E-state index in [1.54, 1.807) is 7.05 Å². The molecule has 1 heterocycles. The number of amides is 1. The SMILES string of the molecule is CN=C(NCC(C)(C)N(C)C)N1CCC(CC(=O)NC)CC1.I. The average molecular weight is 439 g/mol. The first-order valence-corrected chi connectivity index (χ1v) is 8.13. The third-order valence-corrected chi connectivity index (χ3v) is 4.77. The minimum atomic E-state index is 0. The Morgan fingerprint density at radius 1 is 1.30 bits per heavy atom. The Bertz CT molecular complexity index is 390. The number of piperidine rings is 1. The lowest BCUT2D eigenvalue weighted by molar-refractivity contribution is -0.121. The molecule has 0 aromatic rings. The van der Waals surface area contributed by atoms with E-state index in [1.807, 2.05) is 7.05 Å². The summed E-state index contributed by atoms with van der Waals surface area (Å²) in [6.45, 7) is 7.20. The summed E-state index contributed by atoms with van der Waals surface area (Å²) in [5.74, 6) is 1.61. The van der Waals surface area contributed by atoms with Crippen molar-refractivity contribution in [3.8, 4) is 0 Å². The third kappa shape index (κ3) is 7.24. The van der Waals surface area contributed by atoms with Gasteiger partial charge < -0.3 is 20.4 Å². The number of carbonyl (C=O) groups excluding carboxylic acids is 1. The fourth-order valence-electron chi connectivity index (χ4n) is 2.50. The monoisotopic (exact) mass is 439 g/mol. The summed E-state index contributed by atoms with van der Waals surface area (Å²) in [5.41, 5.74) is 0.0769. The van der Waals surface area contributed by atoms with Crippen molar-refractivity contribution >= 4 is 35.8 Å². The van der Waals surface area contributed by atoms with Crippen molar-refractivity contribution in [3.63, 3.8) is 0 Å². The van der Waals surface area contributed by atoms with Crippen LogP contribution in [0.4, 0.5) is 0 Å². The summed E-state index contributed by atoms with van der Waals surface area (Å²) in [4.78, 5) is 20.4. The van der Waals surface area contributed by atoms with Crippen molar-refractivity contribution < 1.29 is 4.79 Å². The van der Waals surface area contributed by atoms with Crippen LogP contribution in [0.2, 0.25) is 0 Å². The number of hydrogen-bond acceptors (Lipinski definition) is 3. The molecule has 2 N–H and O–H groups in total. The van der Waals surface area contributed by atoms with Gasteiger partial charge in [-0.2, -0.15) is 0 Å². The second-order valence-electron chi connectivity index (χ2n) is 6.92. The molecule has 1 fully saturated rings. The molecule has 1 saturated heterocycles. The van der Waals surface area contributed by atoms with E-state index in [0.717, 1.165) is 38.4 Å². The van der Waals surface area contributed by atoms with Crippen LogP contribution in [0.15, 0.2) is 4.99 Å². The zero-order valence-electron chi connectivity index (χ0n) is 15.5. The Hall–Kier alpha value is -0.570. The number of likely N-dealkylation sites (tertiary alicyclic amines) is 1. The predicted molar refractivity (Wildman–Crippen MR) is 108 cm³/mol. The summed E-state index contributed by atoms with van der Waals surface area (Å²) in [6, 6.07) is 0. The highest BCUT2D eigenvalue weighted by Crippen LogP contribution is 2.20. The fraction of sp³-hybridized carbons (Fsp3) is 0.875. The van der Waals surface area contributed by atoms with Gasteiger partial charge in [0.2, 0.25) is 5.91 Å². The number of halogens is 1. The molecule has 1 rings (SSSR count). The predicted octanol–water partition coefficient (Wildman–Crippen LogP) is 1.37. The van der Waals surface area contributed by atoms with E-state index in [2.05, 4.69) is 53.4 Å². The first-order chi connectivity index (χ1) is 10.3. The number of carbonyl (C=O) groups is 1. The highest BCUT2D eigenvalue weighted by molar-refractivity contribution is 14.0. The maximum atomic E-state index is 11.5. The van der Waals surface area contributed by atoms with Gasteiger partial charge in [0.15, 0.2) is 5.96 Å². The van der Waals surface area contributed by atoms with Crippen molar-refractivity contribution in [1.29, 1.82) is 0 Å². The van der Waals surface area contributed by atoms with Gasteiger partial charge in [-0.15, -0.1) is 24.0 Å². The first-order valence-electron chi connectivity index (χ1n) is 8.13. The molecular weight excluding hydrogens is 405 g/mol. The smallest absolute Gasteiger partial charge is 0.220 e. The highest BCUT2D eigenvalue weighted by atomic mass is 127. The van der Waals surface area contributed by atoms with Gasteiger partial charge in [-0.25, -0.2) is 0 Å². The van der Waals surface area contributed by atoms with E-state index in [1.165, 1.54) is 0 Å².